The maximum Gasteiger partial charge on any atom is 0.236 e. The van der Waals surface area contributed by atoms with E-state index in [1.54, 1.807) is 0 Å². The van der Waals surface area contributed by atoms with E-state index < -0.39 is 0 Å². The van der Waals surface area contributed by atoms with Gasteiger partial charge in [0.2, 0.25) is 5.91 Å². The average Bonchev–Trinajstić information content (AvgIpc) is 2.77. The Kier molecular flexibility index (Phi) is 6.48. The van der Waals surface area contributed by atoms with Crippen molar-refractivity contribution < 1.29 is 4.79 Å². The van der Waals surface area contributed by atoms with Crippen molar-refractivity contribution in [2.75, 3.05) is 26.2 Å². The molecule has 1 aromatic rings. The molecule has 1 heterocycles. The van der Waals surface area contributed by atoms with Crippen LogP contribution in [0.25, 0.3) is 0 Å². The second-order valence-electron chi connectivity index (χ2n) is 5.74. The van der Waals surface area contributed by atoms with Gasteiger partial charge in [-0.05, 0) is 18.4 Å². The summed E-state index contributed by atoms with van der Waals surface area (Å²) in [5, 5.41) is 0. The molecule has 0 aliphatic carbocycles. The van der Waals surface area contributed by atoms with Gasteiger partial charge in [-0.1, -0.05) is 49.2 Å². The molecular formula is C18H26N2O. The minimum Gasteiger partial charge on any atom is -0.342 e. The monoisotopic (exact) mass is 286 g/mol. The molecular weight excluding hydrogens is 260 g/mol. The zero-order valence-electron chi connectivity index (χ0n) is 12.8. The molecule has 0 saturated carbocycles. The lowest BCUT2D eigenvalue weighted by Gasteiger charge is -2.26. The summed E-state index contributed by atoms with van der Waals surface area (Å²) < 4.78 is 0. The number of amides is 1. The molecule has 0 aromatic heterocycles. The quantitative estimate of drug-likeness (QED) is 0.750. The van der Waals surface area contributed by atoms with E-state index >= 15 is 0 Å². The standard InChI is InChI=1S/C18H26N2O/c1-2-12-19(15-17-10-6-5-7-11-17)16-18(21)20-13-8-3-4-9-14-20/h2,5-7,10-11H,1,3-4,8-9,12-16H2. The Labute approximate surface area is 128 Å². The molecule has 1 saturated heterocycles. The Morgan fingerprint density at radius 1 is 1.14 bits per heavy atom. The molecule has 1 fully saturated rings. The zero-order chi connectivity index (χ0) is 14.9. The van der Waals surface area contributed by atoms with Gasteiger partial charge >= 0.3 is 0 Å². The number of carbonyl (C=O) groups is 1. The van der Waals surface area contributed by atoms with Crippen LogP contribution in [-0.2, 0) is 11.3 Å². The van der Waals surface area contributed by atoms with Crippen molar-refractivity contribution >= 4 is 5.91 Å². The highest BCUT2D eigenvalue weighted by atomic mass is 16.2. The molecule has 1 aliphatic rings. The number of benzene rings is 1. The normalized spacial score (nSPS) is 15.8. The van der Waals surface area contributed by atoms with Gasteiger partial charge in [0.15, 0.2) is 0 Å². The molecule has 114 valence electrons. The van der Waals surface area contributed by atoms with Gasteiger partial charge in [0, 0.05) is 26.2 Å². The molecule has 3 heteroatoms. The van der Waals surface area contributed by atoms with Gasteiger partial charge in [-0.3, -0.25) is 9.69 Å². The molecule has 21 heavy (non-hydrogen) atoms. The second-order valence-corrected chi connectivity index (χ2v) is 5.74. The highest BCUT2D eigenvalue weighted by molar-refractivity contribution is 5.78. The van der Waals surface area contributed by atoms with E-state index in [0.29, 0.717) is 6.54 Å². The largest absolute Gasteiger partial charge is 0.342 e. The summed E-state index contributed by atoms with van der Waals surface area (Å²) in [6, 6.07) is 10.3. The van der Waals surface area contributed by atoms with Gasteiger partial charge in [-0.15, -0.1) is 6.58 Å². The molecule has 1 aromatic carbocycles. The number of hydrogen-bond donors (Lipinski definition) is 0. The van der Waals surface area contributed by atoms with Crippen LogP contribution in [0.15, 0.2) is 43.0 Å². The third-order valence-electron chi connectivity index (χ3n) is 3.95. The first-order valence-corrected chi connectivity index (χ1v) is 7.94. The minimum absolute atomic E-state index is 0.259. The summed E-state index contributed by atoms with van der Waals surface area (Å²) in [6.07, 6.45) is 6.67. The molecule has 0 radical (unpaired) electrons. The van der Waals surface area contributed by atoms with Gasteiger partial charge in [0.1, 0.15) is 0 Å². The predicted molar refractivity (Wildman–Crippen MR) is 87.0 cm³/mol. The van der Waals surface area contributed by atoms with Crippen LogP contribution < -0.4 is 0 Å². The van der Waals surface area contributed by atoms with E-state index in [-0.39, 0.29) is 5.91 Å². The SMILES string of the molecule is C=CCN(CC(=O)N1CCCCCC1)Cc1ccccc1. The lowest BCUT2D eigenvalue weighted by molar-refractivity contribution is -0.132. The van der Waals surface area contributed by atoms with Crippen LogP contribution in [0.4, 0.5) is 0 Å². The molecule has 0 atom stereocenters. The first-order valence-electron chi connectivity index (χ1n) is 7.94. The number of rotatable bonds is 6. The molecule has 0 bridgehead atoms. The van der Waals surface area contributed by atoms with Gasteiger partial charge in [-0.2, -0.15) is 0 Å². The van der Waals surface area contributed by atoms with Crippen molar-refractivity contribution in [3.05, 3.63) is 48.6 Å². The fourth-order valence-electron chi connectivity index (χ4n) is 2.82. The van der Waals surface area contributed by atoms with Crippen LogP contribution in [0, 0.1) is 0 Å². The lowest BCUT2D eigenvalue weighted by Crippen LogP contribution is -2.40. The van der Waals surface area contributed by atoms with E-state index in [1.807, 2.05) is 29.2 Å². The topological polar surface area (TPSA) is 23.6 Å². The van der Waals surface area contributed by atoms with E-state index in [1.165, 1.54) is 18.4 Å². The van der Waals surface area contributed by atoms with Crippen LogP contribution in [0.2, 0.25) is 0 Å². The van der Waals surface area contributed by atoms with E-state index in [4.69, 9.17) is 0 Å². The summed E-state index contributed by atoms with van der Waals surface area (Å²) >= 11 is 0. The van der Waals surface area contributed by atoms with Crippen LogP contribution in [0.5, 0.6) is 0 Å². The first kappa shape index (κ1) is 15.8. The Bertz CT molecular complexity index is 436. The first-order chi connectivity index (χ1) is 10.3. The minimum atomic E-state index is 0.259. The van der Waals surface area contributed by atoms with E-state index in [9.17, 15) is 4.79 Å². The fourth-order valence-corrected chi connectivity index (χ4v) is 2.82. The highest BCUT2D eigenvalue weighted by Crippen LogP contribution is 2.11. The van der Waals surface area contributed by atoms with Crippen LogP contribution in [0.1, 0.15) is 31.2 Å². The molecule has 0 unspecified atom stereocenters. The highest BCUT2D eigenvalue weighted by Gasteiger charge is 2.18. The molecule has 1 aliphatic heterocycles. The van der Waals surface area contributed by atoms with Gasteiger partial charge in [0.25, 0.3) is 0 Å². The van der Waals surface area contributed by atoms with E-state index in [2.05, 4.69) is 23.6 Å². The number of nitrogens with zero attached hydrogens (tertiary/aromatic N) is 2. The van der Waals surface area contributed by atoms with Crippen molar-refractivity contribution in [3.63, 3.8) is 0 Å². The Morgan fingerprint density at radius 2 is 1.81 bits per heavy atom. The Balaban J connectivity index is 1.91. The molecule has 0 spiro atoms. The summed E-state index contributed by atoms with van der Waals surface area (Å²) in [6.45, 7) is 7.69. The number of likely N-dealkylation sites (tertiary alicyclic amines) is 1. The smallest absolute Gasteiger partial charge is 0.236 e. The van der Waals surface area contributed by atoms with Crippen molar-refractivity contribution in [1.82, 2.24) is 9.80 Å². The Hall–Kier alpha value is -1.61. The summed E-state index contributed by atoms with van der Waals surface area (Å²) in [4.78, 5) is 16.7. The van der Waals surface area contributed by atoms with Crippen LogP contribution in [-0.4, -0.2) is 41.9 Å². The molecule has 1 amide bonds. The van der Waals surface area contributed by atoms with Crippen molar-refractivity contribution in [2.24, 2.45) is 0 Å². The zero-order valence-corrected chi connectivity index (χ0v) is 12.8. The molecule has 3 nitrogen and oxygen atoms in total. The summed E-state index contributed by atoms with van der Waals surface area (Å²) in [5.41, 5.74) is 1.24. The van der Waals surface area contributed by atoms with Crippen molar-refractivity contribution in [2.45, 2.75) is 32.2 Å². The maximum atomic E-state index is 12.5. The predicted octanol–water partition coefficient (Wildman–Crippen LogP) is 3.08. The van der Waals surface area contributed by atoms with Gasteiger partial charge in [-0.25, -0.2) is 0 Å². The average molecular weight is 286 g/mol. The fraction of sp³-hybridized carbons (Fsp3) is 0.500. The number of carbonyl (C=O) groups excluding carboxylic acids is 1. The van der Waals surface area contributed by atoms with E-state index in [0.717, 1.165) is 39.0 Å². The van der Waals surface area contributed by atoms with Crippen molar-refractivity contribution in [3.8, 4) is 0 Å². The van der Waals surface area contributed by atoms with Gasteiger partial charge < -0.3 is 4.90 Å². The molecule has 2 rings (SSSR count). The summed E-state index contributed by atoms with van der Waals surface area (Å²) in [7, 11) is 0. The second kappa shape index (κ2) is 8.63. The Morgan fingerprint density at radius 3 is 2.43 bits per heavy atom. The molecule has 0 N–H and O–H groups in total. The van der Waals surface area contributed by atoms with Crippen LogP contribution >= 0.6 is 0 Å². The lowest BCUT2D eigenvalue weighted by atomic mass is 10.2. The van der Waals surface area contributed by atoms with Gasteiger partial charge in [0.05, 0.1) is 6.54 Å². The third kappa shape index (κ3) is 5.35. The number of hydrogen-bond acceptors (Lipinski definition) is 2. The maximum absolute atomic E-state index is 12.5. The van der Waals surface area contributed by atoms with Crippen molar-refractivity contribution in [1.29, 1.82) is 0 Å². The third-order valence-corrected chi connectivity index (χ3v) is 3.95. The summed E-state index contributed by atoms with van der Waals surface area (Å²) in [5.74, 6) is 0.259. The van der Waals surface area contributed by atoms with Crippen LogP contribution in [0.3, 0.4) is 0 Å².